The van der Waals surface area contributed by atoms with Gasteiger partial charge in [0.05, 0.1) is 43.0 Å². The highest BCUT2D eigenvalue weighted by atomic mass is 35.5. The van der Waals surface area contributed by atoms with E-state index in [2.05, 4.69) is 20.4 Å². The molecule has 4 aromatic carbocycles. The minimum atomic E-state index is -3.47. The summed E-state index contributed by atoms with van der Waals surface area (Å²) in [5.74, 6) is 1.91. The quantitative estimate of drug-likeness (QED) is 0.116. The largest absolute Gasteiger partial charge is 0.493 e. The summed E-state index contributed by atoms with van der Waals surface area (Å²) in [6, 6.07) is 27.7. The number of likely N-dealkylation sites (N-methyl/N-ethyl adjacent to an activating group) is 1. The van der Waals surface area contributed by atoms with Crippen molar-refractivity contribution in [2.75, 3.05) is 78.3 Å². The zero-order chi connectivity index (χ0) is 38.2. The number of methoxy groups -OCH3 is 3. The maximum atomic E-state index is 13.8. The fourth-order valence-corrected chi connectivity index (χ4v) is 8.61. The first-order chi connectivity index (χ1) is 26.1. The number of carbonyl (C=O) groups excluding carboxylic acids is 1. The summed E-state index contributed by atoms with van der Waals surface area (Å²) in [5, 5.41) is 0.654. The summed E-state index contributed by atoms with van der Waals surface area (Å²) in [6.07, 6.45) is 1.73. The van der Waals surface area contributed by atoms with E-state index in [1.165, 1.54) is 21.3 Å². The monoisotopic (exact) mass is 773 g/mol. The molecule has 0 spiro atoms. The lowest BCUT2D eigenvalue weighted by atomic mass is 9.94. The number of nitrogens with zero attached hydrogens (tertiary/aromatic N) is 5. The van der Waals surface area contributed by atoms with Gasteiger partial charge in [-0.1, -0.05) is 54.1 Å². The topological polar surface area (TPSA) is 106 Å². The second-order valence-corrected chi connectivity index (χ2v) is 16.1. The van der Waals surface area contributed by atoms with Crippen LogP contribution < -0.4 is 19.1 Å². The van der Waals surface area contributed by atoms with Crippen molar-refractivity contribution in [2.24, 2.45) is 0 Å². The second kappa shape index (κ2) is 17.6. The van der Waals surface area contributed by atoms with Crippen molar-refractivity contribution >= 4 is 44.3 Å². The number of carbonyl (C=O) groups is 1. The molecule has 1 saturated heterocycles. The number of anilines is 1. The zero-order valence-corrected chi connectivity index (χ0v) is 32.9. The highest BCUT2D eigenvalue weighted by Crippen LogP contribution is 2.38. The van der Waals surface area contributed by atoms with E-state index in [9.17, 15) is 13.2 Å². The number of para-hydroxylation sites is 2. The lowest BCUT2D eigenvalue weighted by molar-refractivity contribution is 0.0782. The maximum absolute atomic E-state index is 13.8. The number of aryl methyl sites for hydroxylation is 1. The molecule has 2 heterocycles. The first kappa shape index (κ1) is 38.9. The van der Waals surface area contributed by atoms with Crippen LogP contribution in [0.1, 0.15) is 34.7 Å². The van der Waals surface area contributed by atoms with E-state index in [-0.39, 0.29) is 17.6 Å². The fourth-order valence-electron chi connectivity index (χ4n) is 7.18. The zero-order valence-electron chi connectivity index (χ0n) is 31.3. The SMILES string of the molecule is COc1cc(C(=O)N(C)CC(CCN2CCCN(c3nc4ccccc4n3CCS(=O)(=O)c3ccccc3)CC2)c2cccc(Cl)c2)cc(OC)c1OC. The van der Waals surface area contributed by atoms with Crippen molar-refractivity contribution in [3.63, 3.8) is 0 Å². The van der Waals surface area contributed by atoms with Crippen molar-refractivity contribution in [1.82, 2.24) is 19.4 Å². The van der Waals surface area contributed by atoms with Crippen LogP contribution in [0.3, 0.4) is 0 Å². The van der Waals surface area contributed by atoms with E-state index in [0.29, 0.717) is 45.8 Å². The normalized spacial score (nSPS) is 14.4. The van der Waals surface area contributed by atoms with Crippen LogP contribution in [0.15, 0.2) is 95.9 Å². The van der Waals surface area contributed by atoms with Gasteiger partial charge in [-0.25, -0.2) is 13.4 Å². The van der Waals surface area contributed by atoms with Crippen molar-refractivity contribution in [3.8, 4) is 17.2 Å². The number of aromatic nitrogens is 2. The number of imidazole rings is 1. The van der Waals surface area contributed by atoms with E-state index in [0.717, 1.165) is 68.1 Å². The number of sulfone groups is 1. The summed E-state index contributed by atoms with van der Waals surface area (Å²) in [5.41, 5.74) is 3.28. The molecule has 0 saturated carbocycles. The Labute approximate surface area is 322 Å². The van der Waals surface area contributed by atoms with Gasteiger partial charge in [-0.05, 0) is 80.0 Å². The van der Waals surface area contributed by atoms with E-state index in [4.69, 9.17) is 30.8 Å². The molecule has 11 nitrogen and oxygen atoms in total. The van der Waals surface area contributed by atoms with Gasteiger partial charge >= 0.3 is 0 Å². The van der Waals surface area contributed by atoms with Crippen LogP contribution in [-0.4, -0.2) is 107 Å². The van der Waals surface area contributed by atoms with Gasteiger partial charge in [0.2, 0.25) is 11.7 Å². The van der Waals surface area contributed by atoms with Crippen LogP contribution in [0.25, 0.3) is 11.0 Å². The summed E-state index contributed by atoms with van der Waals surface area (Å²) in [4.78, 5) is 25.6. The lowest BCUT2D eigenvalue weighted by Crippen LogP contribution is -2.35. The van der Waals surface area contributed by atoms with Gasteiger partial charge in [0.1, 0.15) is 0 Å². The van der Waals surface area contributed by atoms with Gasteiger partial charge in [0.25, 0.3) is 5.91 Å². The van der Waals surface area contributed by atoms with Gasteiger partial charge in [-0.2, -0.15) is 0 Å². The Hall–Kier alpha value is -4.78. The third kappa shape index (κ3) is 8.94. The minimum absolute atomic E-state index is 0.0221. The van der Waals surface area contributed by atoms with Crippen LogP contribution >= 0.6 is 11.6 Å². The molecule has 0 N–H and O–H groups in total. The highest BCUT2D eigenvalue weighted by molar-refractivity contribution is 7.91. The maximum Gasteiger partial charge on any atom is 0.253 e. The average Bonchev–Trinajstić information content (AvgIpc) is 3.40. The van der Waals surface area contributed by atoms with Crippen LogP contribution in [0.5, 0.6) is 17.2 Å². The number of fused-ring (bicyclic) bond motifs is 1. The summed E-state index contributed by atoms with van der Waals surface area (Å²) >= 11 is 6.47. The molecule has 0 bridgehead atoms. The van der Waals surface area contributed by atoms with Gasteiger partial charge in [-0.3, -0.25) is 4.79 Å². The number of amides is 1. The fraction of sp³-hybridized carbons (Fsp3) is 0.366. The molecule has 1 amide bonds. The molecule has 1 unspecified atom stereocenters. The Morgan fingerprint density at radius 1 is 0.852 bits per heavy atom. The number of benzene rings is 4. The number of hydrogen-bond acceptors (Lipinski definition) is 9. The molecular formula is C41H48ClN5O6S. The van der Waals surface area contributed by atoms with Crippen molar-refractivity contribution in [2.45, 2.75) is 30.2 Å². The predicted octanol–water partition coefficient (Wildman–Crippen LogP) is 6.65. The van der Waals surface area contributed by atoms with Crippen molar-refractivity contribution < 1.29 is 27.4 Å². The van der Waals surface area contributed by atoms with Crippen LogP contribution in [-0.2, 0) is 16.4 Å². The Morgan fingerprint density at radius 2 is 1.57 bits per heavy atom. The summed E-state index contributed by atoms with van der Waals surface area (Å²) in [6.45, 7) is 4.87. The Kier molecular flexibility index (Phi) is 12.7. The molecule has 1 aliphatic rings. The summed E-state index contributed by atoms with van der Waals surface area (Å²) in [7, 11) is 2.93. The predicted molar refractivity (Wildman–Crippen MR) is 213 cm³/mol. The molecule has 1 aliphatic heterocycles. The second-order valence-electron chi connectivity index (χ2n) is 13.5. The van der Waals surface area contributed by atoms with Crippen molar-refractivity contribution in [1.29, 1.82) is 0 Å². The molecule has 0 aliphatic carbocycles. The first-order valence-electron chi connectivity index (χ1n) is 18.1. The highest BCUT2D eigenvalue weighted by Gasteiger charge is 2.26. The van der Waals surface area contributed by atoms with Gasteiger partial charge in [-0.15, -0.1) is 0 Å². The molecule has 13 heteroatoms. The average molecular weight is 774 g/mol. The molecule has 5 aromatic rings. The minimum Gasteiger partial charge on any atom is -0.493 e. The number of hydrogen-bond donors (Lipinski definition) is 0. The van der Waals surface area contributed by atoms with Crippen LogP contribution in [0.2, 0.25) is 5.02 Å². The van der Waals surface area contributed by atoms with E-state index in [1.807, 2.05) is 55.6 Å². The van der Waals surface area contributed by atoms with Crippen molar-refractivity contribution in [3.05, 3.63) is 107 Å². The molecule has 54 heavy (non-hydrogen) atoms. The molecule has 1 atom stereocenters. The van der Waals surface area contributed by atoms with Gasteiger partial charge < -0.3 is 33.5 Å². The molecule has 286 valence electrons. The first-order valence-corrected chi connectivity index (χ1v) is 20.2. The smallest absolute Gasteiger partial charge is 0.253 e. The molecule has 1 fully saturated rings. The number of rotatable bonds is 15. The third-order valence-corrected chi connectivity index (χ3v) is 12.0. The molecule has 1 aromatic heterocycles. The lowest BCUT2D eigenvalue weighted by Gasteiger charge is -2.28. The third-order valence-electron chi connectivity index (χ3n) is 10.1. The Balaban J connectivity index is 1.15. The van der Waals surface area contributed by atoms with E-state index >= 15 is 0 Å². The Bertz CT molecular complexity index is 2140. The molecule has 6 rings (SSSR count). The number of ether oxygens (including phenoxy) is 3. The van der Waals surface area contributed by atoms with Crippen LogP contribution in [0, 0.1) is 0 Å². The Morgan fingerprint density at radius 3 is 2.28 bits per heavy atom. The van der Waals surface area contributed by atoms with E-state index < -0.39 is 9.84 Å². The standard InChI is InChI=1S/C41H48ClN5O6S/c1-44(40(48)32-27-37(51-2)39(53-4)38(28-32)52-3)29-31(30-12-10-13-33(42)26-30)18-21-45-19-11-20-46(23-22-45)41-43-35-16-8-9-17-36(35)47(41)24-25-54(49,50)34-14-6-5-7-15-34/h5-10,12-17,26-28,31H,11,18-25,29H2,1-4H3. The summed E-state index contributed by atoms with van der Waals surface area (Å²) < 4.78 is 45.0. The number of halogens is 1. The van der Waals surface area contributed by atoms with Gasteiger partial charge in [0.15, 0.2) is 21.3 Å². The molecule has 0 radical (unpaired) electrons. The van der Waals surface area contributed by atoms with Gasteiger partial charge in [0, 0.05) is 56.3 Å². The van der Waals surface area contributed by atoms with Crippen LogP contribution in [0.4, 0.5) is 5.95 Å². The van der Waals surface area contributed by atoms with E-state index in [1.54, 1.807) is 41.3 Å². The molecular weight excluding hydrogens is 726 g/mol.